The number of nitrogens with zero attached hydrogens (tertiary/aromatic N) is 1. The molecule has 0 aliphatic rings. The Hall–Kier alpha value is -0.760. The first-order valence-corrected chi connectivity index (χ1v) is 3.96. The second-order valence-corrected chi connectivity index (χ2v) is 2.44. The molecular weight excluding hydrogens is 136 g/mol. The monoisotopic (exact) mass is 154 g/mol. The highest BCUT2D eigenvalue weighted by molar-refractivity contribution is 5.03. The zero-order valence-corrected chi connectivity index (χ0v) is 7.89. The Kier molecular flexibility index (Phi) is 5.57. The van der Waals surface area contributed by atoms with Gasteiger partial charge in [0, 0.05) is 18.4 Å². The molecule has 0 amide bonds. The van der Waals surface area contributed by atoms with E-state index < -0.39 is 0 Å². The van der Waals surface area contributed by atoms with Gasteiger partial charge in [-0.25, -0.2) is 0 Å². The van der Waals surface area contributed by atoms with Crippen LogP contribution in [0.5, 0.6) is 0 Å². The first-order valence-electron chi connectivity index (χ1n) is 3.96. The lowest BCUT2D eigenvalue weighted by Crippen LogP contribution is -1.92. The molecule has 2 nitrogen and oxygen atoms in total. The lowest BCUT2D eigenvalue weighted by molar-refractivity contribution is 0.743. The van der Waals surface area contributed by atoms with E-state index in [1.165, 1.54) is 5.69 Å². The van der Waals surface area contributed by atoms with Crippen molar-refractivity contribution in [2.75, 3.05) is 14.1 Å². The lowest BCUT2D eigenvalue weighted by Gasteiger charge is -1.97. The third-order valence-electron chi connectivity index (χ3n) is 1.40. The molecule has 0 unspecified atom stereocenters. The molecule has 0 aliphatic heterocycles. The van der Waals surface area contributed by atoms with Crippen molar-refractivity contribution in [2.45, 2.75) is 20.4 Å². The van der Waals surface area contributed by atoms with Crippen molar-refractivity contribution in [3.8, 4) is 0 Å². The molecule has 2 heteroatoms. The first kappa shape index (κ1) is 10.2. The van der Waals surface area contributed by atoms with Crippen LogP contribution in [0.25, 0.3) is 0 Å². The van der Waals surface area contributed by atoms with Crippen molar-refractivity contribution in [3.63, 3.8) is 0 Å². The minimum Gasteiger partial charge on any atom is -0.352 e. The van der Waals surface area contributed by atoms with Crippen LogP contribution in [0.4, 0.5) is 0 Å². The van der Waals surface area contributed by atoms with Crippen LogP contribution >= 0.6 is 0 Å². The summed E-state index contributed by atoms with van der Waals surface area (Å²) >= 11 is 0. The Morgan fingerprint density at radius 1 is 1.45 bits per heavy atom. The van der Waals surface area contributed by atoms with E-state index >= 15 is 0 Å². The van der Waals surface area contributed by atoms with Gasteiger partial charge in [-0.05, 0) is 40.1 Å². The molecule has 0 radical (unpaired) electrons. The SMILES string of the molecule is CCn1cccc1C.CNC. The Morgan fingerprint density at radius 3 is 2.18 bits per heavy atom. The predicted octanol–water partition coefficient (Wildman–Crippen LogP) is 1.65. The maximum atomic E-state index is 2.75. The van der Waals surface area contributed by atoms with Gasteiger partial charge < -0.3 is 9.88 Å². The number of aromatic nitrogens is 1. The van der Waals surface area contributed by atoms with Crippen molar-refractivity contribution < 1.29 is 0 Å². The summed E-state index contributed by atoms with van der Waals surface area (Å²) in [5.74, 6) is 0. The van der Waals surface area contributed by atoms with E-state index in [2.05, 4.69) is 42.1 Å². The smallest absolute Gasteiger partial charge is 0.0193 e. The molecule has 0 fully saturated rings. The molecule has 1 rings (SSSR count). The highest BCUT2D eigenvalue weighted by Gasteiger charge is 1.86. The molecule has 0 saturated heterocycles. The van der Waals surface area contributed by atoms with E-state index in [0.29, 0.717) is 0 Å². The highest BCUT2D eigenvalue weighted by Crippen LogP contribution is 1.97. The fourth-order valence-electron chi connectivity index (χ4n) is 0.854. The van der Waals surface area contributed by atoms with Gasteiger partial charge in [-0.2, -0.15) is 0 Å². The molecule has 1 aromatic rings. The summed E-state index contributed by atoms with van der Waals surface area (Å²) in [6.45, 7) is 5.34. The quantitative estimate of drug-likeness (QED) is 0.651. The van der Waals surface area contributed by atoms with E-state index in [9.17, 15) is 0 Å². The third kappa shape index (κ3) is 3.83. The van der Waals surface area contributed by atoms with Gasteiger partial charge in [0.2, 0.25) is 0 Å². The van der Waals surface area contributed by atoms with Crippen molar-refractivity contribution >= 4 is 0 Å². The van der Waals surface area contributed by atoms with Gasteiger partial charge in [-0.3, -0.25) is 0 Å². The molecule has 0 spiro atoms. The summed E-state index contributed by atoms with van der Waals surface area (Å²) in [5.41, 5.74) is 1.34. The van der Waals surface area contributed by atoms with Crippen LogP contribution in [-0.4, -0.2) is 18.7 Å². The van der Waals surface area contributed by atoms with Crippen LogP contribution < -0.4 is 5.32 Å². The van der Waals surface area contributed by atoms with Crippen molar-refractivity contribution in [3.05, 3.63) is 24.0 Å². The fraction of sp³-hybridized carbons (Fsp3) is 0.556. The van der Waals surface area contributed by atoms with E-state index in [1.54, 1.807) is 0 Å². The molecule has 1 aromatic heterocycles. The van der Waals surface area contributed by atoms with Gasteiger partial charge >= 0.3 is 0 Å². The fourth-order valence-corrected chi connectivity index (χ4v) is 0.854. The number of rotatable bonds is 1. The Balaban J connectivity index is 0.000000292. The van der Waals surface area contributed by atoms with Crippen molar-refractivity contribution in [1.82, 2.24) is 9.88 Å². The van der Waals surface area contributed by atoms with Crippen molar-refractivity contribution in [2.24, 2.45) is 0 Å². The standard InChI is InChI=1S/C7H11N.C2H7N/c1-3-8-6-4-5-7(8)2;1-3-2/h4-6H,3H2,1-2H3;3H,1-2H3. The summed E-state index contributed by atoms with van der Waals surface area (Å²) in [4.78, 5) is 0. The van der Waals surface area contributed by atoms with Gasteiger partial charge in [0.05, 0.1) is 0 Å². The summed E-state index contributed by atoms with van der Waals surface area (Å²) in [6, 6.07) is 4.18. The average Bonchev–Trinajstić information content (AvgIpc) is 2.36. The van der Waals surface area contributed by atoms with Gasteiger partial charge in [0.15, 0.2) is 0 Å². The van der Waals surface area contributed by atoms with Crippen LogP contribution in [0, 0.1) is 6.92 Å². The molecule has 64 valence electrons. The van der Waals surface area contributed by atoms with Crippen molar-refractivity contribution in [1.29, 1.82) is 0 Å². The first-order chi connectivity index (χ1) is 5.26. The number of aryl methyl sites for hydroxylation is 2. The van der Waals surface area contributed by atoms with Crippen LogP contribution in [0.15, 0.2) is 18.3 Å². The molecule has 11 heavy (non-hydrogen) atoms. The van der Waals surface area contributed by atoms with Crippen LogP contribution in [0.3, 0.4) is 0 Å². The van der Waals surface area contributed by atoms with Gasteiger partial charge in [-0.1, -0.05) is 0 Å². The normalized spacial score (nSPS) is 8.73. The second kappa shape index (κ2) is 5.98. The topological polar surface area (TPSA) is 17.0 Å². The zero-order chi connectivity index (χ0) is 8.69. The molecule has 0 aromatic carbocycles. The Labute approximate surface area is 69.2 Å². The number of hydrogen-bond acceptors (Lipinski definition) is 1. The minimum atomic E-state index is 1.08. The molecule has 1 N–H and O–H groups in total. The van der Waals surface area contributed by atoms with Gasteiger partial charge in [0.25, 0.3) is 0 Å². The number of nitrogens with one attached hydrogen (secondary N) is 1. The summed E-state index contributed by atoms with van der Waals surface area (Å²) in [5, 5.41) is 2.75. The summed E-state index contributed by atoms with van der Waals surface area (Å²) in [6.07, 6.45) is 2.09. The second-order valence-electron chi connectivity index (χ2n) is 2.44. The number of hydrogen-bond donors (Lipinski definition) is 1. The Morgan fingerprint density at radius 2 is 2.00 bits per heavy atom. The van der Waals surface area contributed by atoms with E-state index in [4.69, 9.17) is 0 Å². The minimum absolute atomic E-state index is 1.08. The van der Waals surface area contributed by atoms with E-state index in [1.807, 2.05) is 14.1 Å². The zero-order valence-electron chi connectivity index (χ0n) is 7.89. The lowest BCUT2D eigenvalue weighted by atomic mass is 10.5. The van der Waals surface area contributed by atoms with Crippen LogP contribution in [0.1, 0.15) is 12.6 Å². The summed E-state index contributed by atoms with van der Waals surface area (Å²) in [7, 11) is 3.75. The molecule has 0 saturated carbocycles. The summed E-state index contributed by atoms with van der Waals surface area (Å²) < 4.78 is 2.21. The van der Waals surface area contributed by atoms with Crippen LogP contribution in [0.2, 0.25) is 0 Å². The largest absolute Gasteiger partial charge is 0.352 e. The third-order valence-corrected chi connectivity index (χ3v) is 1.40. The predicted molar refractivity (Wildman–Crippen MR) is 49.8 cm³/mol. The maximum Gasteiger partial charge on any atom is 0.0193 e. The maximum absolute atomic E-state index is 2.75. The molecule has 0 atom stereocenters. The highest BCUT2D eigenvalue weighted by atomic mass is 14.9. The van der Waals surface area contributed by atoms with E-state index in [0.717, 1.165) is 6.54 Å². The van der Waals surface area contributed by atoms with Gasteiger partial charge in [0.1, 0.15) is 0 Å². The molecule has 0 bridgehead atoms. The van der Waals surface area contributed by atoms with Crippen LogP contribution in [-0.2, 0) is 6.54 Å². The van der Waals surface area contributed by atoms with Gasteiger partial charge in [-0.15, -0.1) is 0 Å². The molecule has 1 heterocycles. The van der Waals surface area contributed by atoms with E-state index in [-0.39, 0.29) is 0 Å². The Bertz CT molecular complexity index is 179. The average molecular weight is 154 g/mol. The molecular formula is C9H18N2. The molecule has 0 aliphatic carbocycles.